The molecular weight excluding hydrogens is 258 g/mol. The Hall–Kier alpha value is -1.02. The van der Waals surface area contributed by atoms with Crippen molar-refractivity contribution in [2.75, 3.05) is 0 Å². The molecule has 1 aliphatic rings. The maximum atomic E-state index is 6.45. The lowest BCUT2D eigenvalue weighted by Gasteiger charge is -2.32. The smallest absolute Gasteiger partial charge is 0.125 e. The summed E-state index contributed by atoms with van der Waals surface area (Å²) in [4.78, 5) is 0. The van der Waals surface area contributed by atoms with E-state index in [1.807, 2.05) is 0 Å². The number of aryl methyl sites for hydroxylation is 1. The first kappa shape index (κ1) is 16.4. The van der Waals surface area contributed by atoms with Gasteiger partial charge in [-0.05, 0) is 62.0 Å². The van der Waals surface area contributed by atoms with Crippen LogP contribution in [0, 0.1) is 18.8 Å². The number of para-hydroxylation sites is 1. The number of nitrogens with two attached hydrogens (primary N) is 1. The van der Waals surface area contributed by atoms with Crippen molar-refractivity contribution < 1.29 is 4.74 Å². The minimum Gasteiger partial charge on any atom is -0.490 e. The van der Waals surface area contributed by atoms with Crippen LogP contribution >= 0.6 is 0 Å². The Morgan fingerprint density at radius 1 is 1.19 bits per heavy atom. The Labute approximate surface area is 130 Å². The maximum Gasteiger partial charge on any atom is 0.125 e. The number of hydrogen-bond donors (Lipinski definition) is 1. The van der Waals surface area contributed by atoms with Crippen LogP contribution in [0.3, 0.4) is 0 Å². The second kappa shape index (κ2) is 7.31. The molecule has 2 N–H and O–H groups in total. The molecule has 118 valence electrons. The highest BCUT2D eigenvalue weighted by Crippen LogP contribution is 2.34. The number of ether oxygens (including phenoxy) is 1. The Morgan fingerprint density at radius 3 is 2.48 bits per heavy atom. The fourth-order valence-electron chi connectivity index (χ4n) is 3.61. The zero-order valence-electron chi connectivity index (χ0n) is 14.1. The molecule has 0 saturated heterocycles. The van der Waals surface area contributed by atoms with Crippen molar-refractivity contribution in [2.24, 2.45) is 17.6 Å². The first-order valence-electron chi connectivity index (χ1n) is 8.50. The van der Waals surface area contributed by atoms with Gasteiger partial charge < -0.3 is 10.5 Å². The summed E-state index contributed by atoms with van der Waals surface area (Å²) < 4.78 is 6.45. The van der Waals surface area contributed by atoms with Crippen molar-refractivity contribution in [1.82, 2.24) is 0 Å². The van der Waals surface area contributed by atoms with Gasteiger partial charge in [0.05, 0.1) is 6.10 Å². The monoisotopic (exact) mass is 289 g/mol. The zero-order chi connectivity index (χ0) is 15.4. The summed E-state index contributed by atoms with van der Waals surface area (Å²) in [6, 6.07) is 6.66. The molecule has 1 saturated carbocycles. The molecule has 2 nitrogen and oxygen atoms in total. The molecule has 2 rings (SSSR count). The molecule has 1 fully saturated rings. The van der Waals surface area contributed by atoms with E-state index in [0.29, 0.717) is 6.10 Å². The third-order valence-electron chi connectivity index (χ3n) is 4.72. The molecule has 1 aromatic rings. The minimum atomic E-state index is 0.221. The number of hydrogen-bond acceptors (Lipinski definition) is 2. The molecule has 0 bridgehead atoms. The molecule has 0 spiro atoms. The van der Waals surface area contributed by atoms with E-state index in [1.54, 1.807) is 0 Å². The quantitative estimate of drug-likeness (QED) is 0.867. The summed E-state index contributed by atoms with van der Waals surface area (Å²) in [5.41, 5.74) is 8.66. The van der Waals surface area contributed by atoms with Crippen LogP contribution in [0.15, 0.2) is 18.2 Å². The van der Waals surface area contributed by atoms with Crippen LogP contribution in [0.1, 0.15) is 57.6 Å². The van der Waals surface area contributed by atoms with E-state index in [4.69, 9.17) is 10.5 Å². The molecule has 2 heteroatoms. The van der Waals surface area contributed by atoms with Crippen molar-refractivity contribution in [2.45, 2.75) is 71.9 Å². The highest BCUT2D eigenvalue weighted by atomic mass is 16.5. The van der Waals surface area contributed by atoms with E-state index in [9.17, 15) is 0 Å². The second-order valence-electron chi connectivity index (χ2n) is 7.09. The van der Waals surface area contributed by atoms with Crippen molar-refractivity contribution >= 4 is 0 Å². The summed E-state index contributed by atoms with van der Waals surface area (Å²) in [5, 5.41) is 0. The standard InChI is InChI=1S/C19H31NO/c1-5-17(20)12-16-8-6-7-15(4)19(16)21-18-10-13(2)9-14(3)11-18/h6-8,13-14,17-18H,5,9-12,20H2,1-4H3. The molecular formula is C19H31NO. The minimum absolute atomic E-state index is 0.221. The van der Waals surface area contributed by atoms with E-state index in [1.165, 1.54) is 30.4 Å². The average Bonchev–Trinajstić information content (AvgIpc) is 2.41. The molecule has 3 atom stereocenters. The SMILES string of the molecule is CCC(N)Cc1cccc(C)c1OC1CC(C)CC(C)C1. The predicted molar refractivity (Wildman–Crippen MR) is 89.7 cm³/mol. The van der Waals surface area contributed by atoms with Gasteiger partial charge in [0.1, 0.15) is 5.75 Å². The Bertz CT molecular complexity index is 447. The highest BCUT2D eigenvalue weighted by molar-refractivity contribution is 5.41. The molecule has 1 aliphatic carbocycles. The van der Waals surface area contributed by atoms with Gasteiger partial charge >= 0.3 is 0 Å². The van der Waals surface area contributed by atoms with Crippen molar-refractivity contribution in [3.63, 3.8) is 0 Å². The zero-order valence-corrected chi connectivity index (χ0v) is 14.1. The summed E-state index contributed by atoms with van der Waals surface area (Å²) in [6.07, 6.45) is 5.97. The van der Waals surface area contributed by atoms with Gasteiger partial charge in [-0.25, -0.2) is 0 Å². The van der Waals surface area contributed by atoms with Crippen molar-refractivity contribution in [1.29, 1.82) is 0 Å². The Kier molecular flexibility index (Phi) is 5.69. The van der Waals surface area contributed by atoms with Gasteiger partial charge in [0.2, 0.25) is 0 Å². The molecule has 0 aliphatic heterocycles. The molecule has 0 heterocycles. The van der Waals surface area contributed by atoms with Crippen LogP contribution in [0.2, 0.25) is 0 Å². The van der Waals surface area contributed by atoms with Gasteiger partial charge in [-0.2, -0.15) is 0 Å². The summed E-state index contributed by atoms with van der Waals surface area (Å²) in [5.74, 6) is 2.63. The lowest BCUT2D eigenvalue weighted by atomic mass is 9.81. The lowest BCUT2D eigenvalue weighted by molar-refractivity contribution is 0.0993. The van der Waals surface area contributed by atoms with Gasteiger partial charge in [-0.1, -0.05) is 39.0 Å². The van der Waals surface area contributed by atoms with Crippen molar-refractivity contribution in [3.05, 3.63) is 29.3 Å². The van der Waals surface area contributed by atoms with Crippen LogP contribution in [-0.4, -0.2) is 12.1 Å². The van der Waals surface area contributed by atoms with Crippen LogP contribution in [0.4, 0.5) is 0 Å². The van der Waals surface area contributed by atoms with E-state index in [-0.39, 0.29) is 6.04 Å². The molecule has 3 unspecified atom stereocenters. The Morgan fingerprint density at radius 2 is 1.86 bits per heavy atom. The van der Waals surface area contributed by atoms with Crippen LogP contribution < -0.4 is 10.5 Å². The molecule has 0 amide bonds. The maximum absolute atomic E-state index is 6.45. The average molecular weight is 289 g/mol. The lowest BCUT2D eigenvalue weighted by Crippen LogP contribution is -2.29. The Balaban J connectivity index is 2.14. The fraction of sp³-hybridized carbons (Fsp3) is 0.684. The summed E-state index contributed by atoms with van der Waals surface area (Å²) in [6.45, 7) is 8.98. The third-order valence-corrected chi connectivity index (χ3v) is 4.72. The highest BCUT2D eigenvalue weighted by Gasteiger charge is 2.26. The molecule has 21 heavy (non-hydrogen) atoms. The van der Waals surface area contributed by atoms with Gasteiger partial charge in [0, 0.05) is 6.04 Å². The van der Waals surface area contributed by atoms with E-state index >= 15 is 0 Å². The predicted octanol–water partition coefficient (Wildman–Crippen LogP) is 4.48. The van der Waals surface area contributed by atoms with Gasteiger partial charge in [0.15, 0.2) is 0 Å². The fourth-order valence-corrected chi connectivity index (χ4v) is 3.61. The van der Waals surface area contributed by atoms with Gasteiger partial charge in [-0.3, -0.25) is 0 Å². The second-order valence-corrected chi connectivity index (χ2v) is 7.09. The van der Waals surface area contributed by atoms with E-state index < -0.39 is 0 Å². The van der Waals surface area contributed by atoms with Gasteiger partial charge in [0.25, 0.3) is 0 Å². The largest absolute Gasteiger partial charge is 0.490 e. The summed E-state index contributed by atoms with van der Waals surface area (Å²) in [7, 11) is 0. The van der Waals surface area contributed by atoms with E-state index in [0.717, 1.165) is 30.4 Å². The first-order valence-corrected chi connectivity index (χ1v) is 8.50. The first-order chi connectivity index (χ1) is 9.99. The van der Waals surface area contributed by atoms with Gasteiger partial charge in [-0.15, -0.1) is 0 Å². The molecule has 0 aromatic heterocycles. The van der Waals surface area contributed by atoms with Crippen LogP contribution in [0.25, 0.3) is 0 Å². The number of benzene rings is 1. The van der Waals surface area contributed by atoms with Crippen molar-refractivity contribution in [3.8, 4) is 5.75 Å². The summed E-state index contributed by atoms with van der Waals surface area (Å²) >= 11 is 0. The van der Waals surface area contributed by atoms with Crippen LogP contribution in [-0.2, 0) is 6.42 Å². The number of rotatable bonds is 5. The van der Waals surface area contributed by atoms with E-state index in [2.05, 4.69) is 45.9 Å². The topological polar surface area (TPSA) is 35.2 Å². The normalized spacial score (nSPS) is 27.4. The van der Waals surface area contributed by atoms with Crippen LogP contribution in [0.5, 0.6) is 5.75 Å². The molecule has 1 aromatic carbocycles. The molecule has 0 radical (unpaired) electrons. The third kappa shape index (κ3) is 4.47.